The molecule has 0 saturated carbocycles. The van der Waals surface area contributed by atoms with Crippen molar-refractivity contribution in [2.45, 2.75) is 19.1 Å². The summed E-state index contributed by atoms with van der Waals surface area (Å²) in [5.74, 6) is 0. The Morgan fingerprint density at radius 1 is 1.36 bits per heavy atom. The molecule has 1 heterocycles. The van der Waals surface area contributed by atoms with Gasteiger partial charge in [-0.05, 0) is 46.7 Å². The molecule has 1 atom stereocenters. The van der Waals surface area contributed by atoms with E-state index in [0.717, 1.165) is 26.1 Å². The van der Waals surface area contributed by atoms with Crippen LogP contribution in [-0.4, -0.2) is 29.2 Å². The van der Waals surface area contributed by atoms with Gasteiger partial charge in [0.05, 0.1) is 6.10 Å². The predicted molar refractivity (Wildman–Crippen MR) is 65.1 cm³/mol. The molecule has 0 bridgehead atoms. The lowest BCUT2D eigenvalue weighted by atomic mass is 10.2. The summed E-state index contributed by atoms with van der Waals surface area (Å²) in [4.78, 5) is 2.30. The SMILES string of the molecule is O[C@H]1CCN(Cc2ccc(I)cc2)C1. The number of nitrogens with zero attached hydrogens (tertiary/aromatic N) is 1. The van der Waals surface area contributed by atoms with Crippen LogP contribution in [0.3, 0.4) is 0 Å². The maximum atomic E-state index is 9.38. The molecular formula is C11H14INO. The van der Waals surface area contributed by atoms with Crippen LogP contribution in [0.5, 0.6) is 0 Å². The van der Waals surface area contributed by atoms with Crippen molar-refractivity contribution in [2.75, 3.05) is 13.1 Å². The molecule has 0 radical (unpaired) electrons. The standard InChI is InChI=1S/C11H14INO/c12-10-3-1-9(2-4-10)7-13-6-5-11(14)8-13/h1-4,11,14H,5-8H2/t11-/m0/s1. The number of aliphatic hydroxyl groups excluding tert-OH is 1. The Hall–Kier alpha value is -0.130. The second-order valence-corrected chi connectivity index (χ2v) is 5.05. The van der Waals surface area contributed by atoms with E-state index in [2.05, 4.69) is 51.8 Å². The van der Waals surface area contributed by atoms with Crippen LogP contribution >= 0.6 is 22.6 Å². The summed E-state index contributed by atoms with van der Waals surface area (Å²) in [6.45, 7) is 2.81. The van der Waals surface area contributed by atoms with Crippen molar-refractivity contribution in [2.24, 2.45) is 0 Å². The van der Waals surface area contributed by atoms with E-state index < -0.39 is 0 Å². The molecule has 1 aliphatic rings. The van der Waals surface area contributed by atoms with E-state index >= 15 is 0 Å². The monoisotopic (exact) mass is 303 g/mol. The minimum Gasteiger partial charge on any atom is -0.392 e. The first-order valence-corrected chi connectivity index (χ1v) is 5.97. The van der Waals surface area contributed by atoms with Crippen LogP contribution < -0.4 is 0 Å². The second-order valence-electron chi connectivity index (χ2n) is 3.80. The lowest BCUT2D eigenvalue weighted by molar-refractivity contribution is 0.175. The average molecular weight is 303 g/mol. The molecule has 1 fully saturated rings. The lowest BCUT2D eigenvalue weighted by Crippen LogP contribution is -2.21. The molecule has 1 saturated heterocycles. The Morgan fingerprint density at radius 2 is 2.07 bits per heavy atom. The third kappa shape index (κ3) is 2.68. The van der Waals surface area contributed by atoms with Crippen molar-refractivity contribution in [1.82, 2.24) is 4.90 Å². The zero-order valence-corrected chi connectivity index (χ0v) is 10.1. The number of halogens is 1. The minimum absolute atomic E-state index is 0.112. The number of hydrogen-bond acceptors (Lipinski definition) is 2. The van der Waals surface area contributed by atoms with E-state index in [-0.39, 0.29) is 6.10 Å². The van der Waals surface area contributed by atoms with Crippen LogP contribution in [0.25, 0.3) is 0 Å². The van der Waals surface area contributed by atoms with E-state index in [9.17, 15) is 5.11 Å². The van der Waals surface area contributed by atoms with Crippen LogP contribution in [0.15, 0.2) is 24.3 Å². The third-order valence-electron chi connectivity index (χ3n) is 2.57. The normalized spacial score (nSPS) is 22.9. The van der Waals surface area contributed by atoms with Crippen LogP contribution in [0.4, 0.5) is 0 Å². The molecule has 14 heavy (non-hydrogen) atoms. The maximum Gasteiger partial charge on any atom is 0.0679 e. The fourth-order valence-corrected chi connectivity index (χ4v) is 2.16. The molecule has 0 unspecified atom stereocenters. The summed E-state index contributed by atoms with van der Waals surface area (Å²) in [5.41, 5.74) is 1.33. The summed E-state index contributed by atoms with van der Waals surface area (Å²) in [6.07, 6.45) is 0.809. The third-order valence-corrected chi connectivity index (χ3v) is 3.29. The van der Waals surface area contributed by atoms with E-state index in [4.69, 9.17) is 0 Å². The fraction of sp³-hybridized carbons (Fsp3) is 0.455. The smallest absolute Gasteiger partial charge is 0.0679 e. The highest BCUT2D eigenvalue weighted by molar-refractivity contribution is 14.1. The van der Waals surface area contributed by atoms with Crippen molar-refractivity contribution in [3.63, 3.8) is 0 Å². The topological polar surface area (TPSA) is 23.5 Å². The van der Waals surface area contributed by atoms with Gasteiger partial charge in [0.2, 0.25) is 0 Å². The Balaban J connectivity index is 1.94. The Kier molecular flexibility index (Phi) is 3.41. The number of aliphatic hydroxyl groups is 1. The molecule has 1 aromatic carbocycles. The van der Waals surface area contributed by atoms with Gasteiger partial charge in [-0.2, -0.15) is 0 Å². The molecule has 2 rings (SSSR count). The molecule has 0 aromatic heterocycles. The molecule has 1 aromatic rings. The highest BCUT2D eigenvalue weighted by Gasteiger charge is 2.19. The number of β-amino-alcohol motifs (C(OH)–C–C–N with tert-alkyl or cyclic N) is 1. The minimum atomic E-state index is -0.112. The van der Waals surface area contributed by atoms with Crippen molar-refractivity contribution in [1.29, 1.82) is 0 Å². The number of rotatable bonds is 2. The van der Waals surface area contributed by atoms with E-state index in [1.54, 1.807) is 0 Å². The molecule has 1 aliphatic heterocycles. The van der Waals surface area contributed by atoms with Crippen molar-refractivity contribution in [3.8, 4) is 0 Å². The molecule has 3 heteroatoms. The second kappa shape index (κ2) is 4.59. The maximum absolute atomic E-state index is 9.38. The van der Waals surface area contributed by atoms with Gasteiger partial charge >= 0.3 is 0 Å². The van der Waals surface area contributed by atoms with Crippen LogP contribution in [-0.2, 0) is 6.54 Å². The summed E-state index contributed by atoms with van der Waals surface area (Å²) in [7, 11) is 0. The summed E-state index contributed by atoms with van der Waals surface area (Å²) >= 11 is 2.31. The summed E-state index contributed by atoms with van der Waals surface area (Å²) in [6, 6.07) is 8.57. The summed E-state index contributed by atoms with van der Waals surface area (Å²) in [5, 5.41) is 9.38. The molecule has 76 valence electrons. The van der Waals surface area contributed by atoms with Gasteiger partial charge < -0.3 is 5.11 Å². The first kappa shape index (κ1) is 10.4. The van der Waals surface area contributed by atoms with Gasteiger partial charge in [0, 0.05) is 23.2 Å². The molecule has 0 aliphatic carbocycles. The largest absolute Gasteiger partial charge is 0.392 e. The Morgan fingerprint density at radius 3 is 2.64 bits per heavy atom. The van der Waals surface area contributed by atoms with E-state index in [0.29, 0.717) is 0 Å². The van der Waals surface area contributed by atoms with Crippen LogP contribution in [0.1, 0.15) is 12.0 Å². The van der Waals surface area contributed by atoms with Gasteiger partial charge in [-0.1, -0.05) is 12.1 Å². The van der Waals surface area contributed by atoms with Gasteiger partial charge in [-0.15, -0.1) is 0 Å². The first-order chi connectivity index (χ1) is 6.74. The number of likely N-dealkylation sites (tertiary alicyclic amines) is 1. The highest BCUT2D eigenvalue weighted by atomic mass is 127. The Bertz CT molecular complexity index is 299. The fourth-order valence-electron chi connectivity index (χ4n) is 1.80. The zero-order chi connectivity index (χ0) is 9.97. The lowest BCUT2D eigenvalue weighted by Gasteiger charge is -2.14. The van der Waals surface area contributed by atoms with Crippen molar-refractivity contribution >= 4 is 22.6 Å². The van der Waals surface area contributed by atoms with Crippen molar-refractivity contribution in [3.05, 3.63) is 33.4 Å². The zero-order valence-electron chi connectivity index (χ0n) is 7.99. The highest BCUT2D eigenvalue weighted by Crippen LogP contribution is 2.14. The Labute approximate surface area is 98.1 Å². The molecule has 2 nitrogen and oxygen atoms in total. The predicted octanol–water partition coefficient (Wildman–Crippen LogP) is 1.86. The average Bonchev–Trinajstić information content (AvgIpc) is 2.56. The number of hydrogen-bond donors (Lipinski definition) is 1. The van der Waals surface area contributed by atoms with E-state index in [1.807, 2.05) is 0 Å². The van der Waals surface area contributed by atoms with E-state index in [1.165, 1.54) is 9.13 Å². The van der Waals surface area contributed by atoms with Gasteiger partial charge in [0.15, 0.2) is 0 Å². The van der Waals surface area contributed by atoms with Crippen LogP contribution in [0.2, 0.25) is 0 Å². The van der Waals surface area contributed by atoms with Crippen molar-refractivity contribution < 1.29 is 5.11 Å². The van der Waals surface area contributed by atoms with Crippen LogP contribution in [0, 0.1) is 3.57 Å². The van der Waals surface area contributed by atoms with Gasteiger partial charge in [-0.3, -0.25) is 4.90 Å². The number of benzene rings is 1. The van der Waals surface area contributed by atoms with Gasteiger partial charge in [0.25, 0.3) is 0 Å². The molecule has 1 N–H and O–H groups in total. The molecule has 0 amide bonds. The summed E-state index contributed by atoms with van der Waals surface area (Å²) < 4.78 is 1.27. The van der Waals surface area contributed by atoms with Gasteiger partial charge in [0.1, 0.15) is 0 Å². The molecular weight excluding hydrogens is 289 g/mol. The first-order valence-electron chi connectivity index (χ1n) is 4.89. The van der Waals surface area contributed by atoms with Gasteiger partial charge in [-0.25, -0.2) is 0 Å². The quantitative estimate of drug-likeness (QED) is 0.843. The molecule has 0 spiro atoms.